The molecule has 0 saturated heterocycles. The topological polar surface area (TPSA) is 98.9 Å². The van der Waals surface area contributed by atoms with E-state index < -0.39 is 5.76 Å². The van der Waals surface area contributed by atoms with Gasteiger partial charge >= 0.3 is 5.76 Å². The van der Waals surface area contributed by atoms with Gasteiger partial charge in [-0.3, -0.25) is 9.78 Å². The first kappa shape index (κ1) is 11.9. The van der Waals surface area contributed by atoms with Crippen LogP contribution in [0.15, 0.2) is 27.4 Å². The quantitative estimate of drug-likeness (QED) is 0.827. The van der Waals surface area contributed by atoms with Crippen molar-refractivity contribution in [2.45, 2.75) is 12.8 Å². The molecule has 1 amide bonds. The minimum absolute atomic E-state index is 0.133. The molecule has 0 atom stereocenters. The average Bonchev–Trinajstić information content (AvgIpc) is 2.69. The lowest BCUT2D eigenvalue weighted by Crippen LogP contribution is -2.24. The van der Waals surface area contributed by atoms with E-state index in [0.29, 0.717) is 24.1 Å². The van der Waals surface area contributed by atoms with Crippen molar-refractivity contribution in [1.82, 2.24) is 10.3 Å². The lowest BCUT2D eigenvalue weighted by atomic mass is 10.1. The third-order valence-corrected chi connectivity index (χ3v) is 2.46. The number of carbonyl (C=O) groups excluding carboxylic acids is 1. The number of fused-ring (bicyclic) bond motifs is 1. The standard InChI is InChI=1S/C12H11N3O3/c13-5-3-11(16)14-6-4-8-1-2-9-10(7-8)18-12(17)15-9/h1-2,7H,3-4,6H2,(H,14,16)(H,15,17). The SMILES string of the molecule is N#CCC(=O)NCCc1ccc2[nH]c(=O)oc2c1. The van der Waals surface area contributed by atoms with Crippen LogP contribution in [0.5, 0.6) is 0 Å². The van der Waals surface area contributed by atoms with E-state index in [2.05, 4.69) is 10.3 Å². The van der Waals surface area contributed by atoms with Gasteiger partial charge in [-0.25, -0.2) is 4.79 Å². The second-order valence-corrected chi connectivity index (χ2v) is 3.78. The van der Waals surface area contributed by atoms with Crippen LogP contribution in [0.1, 0.15) is 12.0 Å². The number of rotatable bonds is 4. The molecule has 0 aliphatic heterocycles. The predicted molar refractivity (Wildman–Crippen MR) is 63.8 cm³/mol. The summed E-state index contributed by atoms with van der Waals surface area (Å²) in [6, 6.07) is 7.14. The second kappa shape index (κ2) is 5.19. The molecule has 1 aromatic heterocycles. The van der Waals surface area contributed by atoms with Crippen molar-refractivity contribution in [3.8, 4) is 6.07 Å². The lowest BCUT2D eigenvalue weighted by molar-refractivity contribution is -0.120. The number of nitrogens with one attached hydrogen (secondary N) is 2. The van der Waals surface area contributed by atoms with Gasteiger partial charge in [-0.1, -0.05) is 6.07 Å². The fourth-order valence-corrected chi connectivity index (χ4v) is 1.63. The van der Waals surface area contributed by atoms with Gasteiger partial charge in [0.15, 0.2) is 5.58 Å². The number of carbonyl (C=O) groups is 1. The third kappa shape index (κ3) is 2.77. The van der Waals surface area contributed by atoms with E-state index >= 15 is 0 Å². The van der Waals surface area contributed by atoms with Crippen LogP contribution in [0.4, 0.5) is 0 Å². The normalized spacial score (nSPS) is 10.2. The highest BCUT2D eigenvalue weighted by molar-refractivity contribution is 5.78. The summed E-state index contributed by atoms with van der Waals surface area (Å²) in [6.45, 7) is 0.445. The molecule has 0 bridgehead atoms. The first-order valence-corrected chi connectivity index (χ1v) is 5.44. The monoisotopic (exact) mass is 245 g/mol. The number of nitriles is 1. The molecule has 18 heavy (non-hydrogen) atoms. The molecule has 2 N–H and O–H groups in total. The van der Waals surface area contributed by atoms with Crippen molar-refractivity contribution in [2.75, 3.05) is 6.54 Å². The highest BCUT2D eigenvalue weighted by Gasteiger charge is 2.03. The van der Waals surface area contributed by atoms with Crippen LogP contribution in [-0.2, 0) is 11.2 Å². The molecule has 0 aliphatic carbocycles. The van der Waals surface area contributed by atoms with Gasteiger partial charge in [-0.2, -0.15) is 5.26 Å². The Morgan fingerprint density at radius 3 is 3.11 bits per heavy atom. The number of amides is 1. The van der Waals surface area contributed by atoms with Gasteiger partial charge < -0.3 is 9.73 Å². The number of oxazole rings is 1. The third-order valence-electron chi connectivity index (χ3n) is 2.46. The summed E-state index contributed by atoms with van der Waals surface area (Å²) in [6.07, 6.45) is 0.480. The molecule has 2 aromatic rings. The summed E-state index contributed by atoms with van der Waals surface area (Å²) >= 11 is 0. The molecule has 2 rings (SSSR count). The summed E-state index contributed by atoms with van der Waals surface area (Å²) < 4.78 is 4.93. The second-order valence-electron chi connectivity index (χ2n) is 3.78. The number of H-pyrrole nitrogens is 1. The lowest BCUT2D eigenvalue weighted by Gasteiger charge is -2.02. The highest BCUT2D eigenvalue weighted by atomic mass is 16.4. The molecule has 1 heterocycles. The van der Waals surface area contributed by atoms with E-state index in [-0.39, 0.29) is 12.3 Å². The first-order valence-electron chi connectivity index (χ1n) is 5.44. The Labute approximate surface area is 102 Å². The molecule has 0 fully saturated rings. The summed E-state index contributed by atoms with van der Waals surface area (Å²) in [4.78, 5) is 24.6. The maximum absolute atomic E-state index is 11.1. The van der Waals surface area contributed by atoms with E-state index in [0.717, 1.165) is 5.56 Å². The van der Waals surface area contributed by atoms with Gasteiger partial charge in [0.1, 0.15) is 6.42 Å². The van der Waals surface area contributed by atoms with Gasteiger partial charge in [0.2, 0.25) is 5.91 Å². The van der Waals surface area contributed by atoms with Gasteiger partial charge in [0.05, 0.1) is 11.6 Å². The highest BCUT2D eigenvalue weighted by Crippen LogP contribution is 2.12. The van der Waals surface area contributed by atoms with E-state index in [1.165, 1.54) is 0 Å². The molecule has 6 heteroatoms. The number of aromatic nitrogens is 1. The van der Waals surface area contributed by atoms with Crippen LogP contribution in [0.2, 0.25) is 0 Å². The Morgan fingerprint density at radius 2 is 2.33 bits per heavy atom. The molecular weight excluding hydrogens is 234 g/mol. The zero-order valence-corrected chi connectivity index (χ0v) is 9.53. The van der Waals surface area contributed by atoms with Crippen LogP contribution in [0, 0.1) is 11.3 Å². The van der Waals surface area contributed by atoms with Crippen molar-refractivity contribution in [2.24, 2.45) is 0 Å². The van der Waals surface area contributed by atoms with Crippen molar-refractivity contribution < 1.29 is 9.21 Å². The summed E-state index contributed by atoms with van der Waals surface area (Å²) in [5.41, 5.74) is 2.10. The zero-order chi connectivity index (χ0) is 13.0. The molecule has 0 saturated carbocycles. The molecule has 0 spiro atoms. The Bertz CT molecular complexity index is 663. The van der Waals surface area contributed by atoms with Crippen LogP contribution >= 0.6 is 0 Å². The molecule has 0 unspecified atom stereocenters. The number of hydrogen-bond acceptors (Lipinski definition) is 4. The fraction of sp³-hybridized carbons (Fsp3) is 0.250. The van der Waals surface area contributed by atoms with Crippen LogP contribution < -0.4 is 11.1 Å². The molecular formula is C12H11N3O3. The minimum atomic E-state index is -0.482. The Balaban J connectivity index is 1.98. The van der Waals surface area contributed by atoms with Crippen LogP contribution in [-0.4, -0.2) is 17.4 Å². The minimum Gasteiger partial charge on any atom is -0.408 e. The van der Waals surface area contributed by atoms with E-state index in [9.17, 15) is 9.59 Å². The van der Waals surface area contributed by atoms with Gasteiger partial charge in [0, 0.05) is 6.54 Å². The number of hydrogen-bond donors (Lipinski definition) is 2. The molecule has 0 radical (unpaired) electrons. The molecule has 92 valence electrons. The van der Waals surface area contributed by atoms with Gasteiger partial charge in [0.25, 0.3) is 0 Å². The number of nitrogens with zero attached hydrogens (tertiary/aromatic N) is 1. The molecule has 1 aromatic carbocycles. The van der Waals surface area contributed by atoms with Gasteiger partial charge in [-0.05, 0) is 24.1 Å². The smallest absolute Gasteiger partial charge is 0.408 e. The van der Waals surface area contributed by atoms with E-state index in [4.69, 9.17) is 9.68 Å². The Kier molecular flexibility index (Phi) is 3.44. The first-order chi connectivity index (χ1) is 8.69. The number of aromatic amines is 1. The molecule has 0 aliphatic rings. The van der Waals surface area contributed by atoms with Gasteiger partial charge in [-0.15, -0.1) is 0 Å². The average molecular weight is 245 g/mol. The van der Waals surface area contributed by atoms with Crippen LogP contribution in [0.25, 0.3) is 11.1 Å². The zero-order valence-electron chi connectivity index (χ0n) is 9.53. The van der Waals surface area contributed by atoms with Crippen molar-refractivity contribution in [3.05, 3.63) is 34.3 Å². The Morgan fingerprint density at radius 1 is 1.50 bits per heavy atom. The van der Waals surface area contributed by atoms with E-state index in [1.807, 2.05) is 6.07 Å². The summed E-state index contributed by atoms with van der Waals surface area (Å²) in [7, 11) is 0. The largest absolute Gasteiger partial charge is 0.417 e. The maximum atomic E-state index is 11.1. The van der Waals surface area contributed by atoms with Crippen molar-refractivity contribution in [1.29, 1.82) is 5.26 Å². The summed E-state index contributed by atoms with van der Waals surface area (Å²) in [5.74, 6) is -0.767. The molecule has 6 nitrogen and oxygen atoms in total. The van der Waals surface area contributed by atoms with Crippen LogP contribution in [0.3, 0.4) is 0 Å². The van der Waals surface area contributed by atoms with E-state index in [1.54, 1.807) is 18.2 Å². The maximum Gasteiger partial charge on any atom is 0.417 e. The summed E-state index contributed by atoms with van der Waals surface area (Å²) in [5, 5.41) is 10.9. The van der Waals surface area contributed by atoms with Crippen molar-refractivity contribution in [3.63, 3.8) is 0 Å². The van der Waals surface area contributed by atoms with Crippen molar-refractivity contribution >= 4 is 17.0 Å². The Hall–Kier alpha value is -2.55. The number of benzene rings is 1. The fourth-order valence-electron chi connectivity index (χ4n) is 1.63. The predicted octanol–water partition coefficient (Wildman–Crippen LogP) is 0.693.